The summed E-state index contributed by atoms with van der Waals surface area (Å²) >= 11 is 0. The molecule has 0 saturated carbocycles. The number of aromatic nitrogens is 1. The van der Waals surface area contributed by atoms with Crippen LogP contribution in [0.2, 0.25) is 5.31 Å². The second-order valence-corrected chi connectivity index (χ2v) is 5.84. The van der Waals surface area contributed by atoms with Gasteiger partial charge >= 0.3 is 7.12 Å². The lowest BCUT2D eigenvalue weighted by Crippen LogP contribution is -2.52. The van der Waals surface area contributed by atoms with Crippen LogP contribution in [0.3, 0.4) is 0 Å². The number of rotatable bonds is 3. The third-order valence-corrected chi connectivity index (χ3v) is 4.51. The Bertz CT molecular complexity index is 541. The topological polar surface area (TPSA) is 77.7 Å². The summed E-state index contributed by atoms with van der Waals surface area (Å²) in [5.41, 5.74) is 1.97. The molecule has 110 valence electrons. The average molecular weight is 285 g/mol. The molecule has 0 radical (unpaired) electrons. The second-order valence-electron chi connectivity index (χ2n) is 5.84. The fourth-order valence-corrected chi connectivity index (χ4v) is 3.28. The molecule has 3 heterocycles. The van der Waals surface area contributed by atoms with Crippen LogP contribution >= 0.6 is 0 Å². The van der Waals surface area contributed by atoms with Gasteiger partial charge in [-0.3, -0.25) is 9.98 Å². The minimum Gasteiger partial charge on any atom is -0.426 e. The van der Waals surface area contributed by atoms with Crippen LogP contribution in [0.1, 0.15) is 31.2 Å². The first-order valence-electron chi connectivity index (χ1n) is 7.46. The molecule has 3 rings (SSSR count). The summed E-state index contributed by atoms with van der Waals surface area (Å²) in [6, 6.07) is 3.89. The van der Waals surface area contributed by atoms with E-state index in [9.17, 15) is 10.0 Å². The first-order valence-corrected chi connectivity index (χ1v) is 7.46. The van der Waals surface area contributed by atoms with Gasteiger partial charge in [0.2, 0.25) is 0 Å². The van der Waals surface area contributed by atoms with Crippen LogP contribution in [-0.4, -0.2) is 41.0 Å². The van der Waals surface area contributed by atoms with Crippen molar-refractivity contribution in [1.82, 2.24) is 10.3 Å². The molecule has 0 aromatic carbocycles. The molecular formula is C15H20BN3O2. The van der Waals surface area contributed by atoms with Crippen LogP contribution in [0, 0.1) is 0 Å². The number of allylic oxidation sites excluding steroid dienone is 1. The Labute approximate surface area is 125 Å². The average Bonchev–Trinajstić information content (AvgIpc) is 2.56. The van der Waals surface area contributed by atoms with E-state index in [-0.39, 0.29) is 6.04 Å². The molecule has 21 heavy (non-hydrogen) atoms. The number of aliphatic imine (C=N–C) groups is 1. The van der Waals surface area contributed by atoms with Crippen molar-refractivity contribution in [3.8, 4) is 0 Å². The van der Waals surface area contributed by atoms with Crippen LogP contribution in [0.4, 0.5) is 0 Å². The molecular weight excluding hydrogens is 265 g/mol. The van der Waals surface area contributed by atoms with Crippen molar-refractivity contribution in [1.29, 1.82) is 0 Å². The fourth-order valence-electron chi connectivity index (χ4n) is 3.28. The van der Waals surface area contributed by atoms with E-state index in [1.807, 2.05) is 12.1 Å². The Hall–Kier alpha value is -1.50. The van der Waals surface area contributed by atoms with Gasteiger partial charge in [0.25, 0.3) is 0 Å². The summed E-state index contributed by atoms with van der Waals surface area (Å²) in [4.78, 5) is 8.44. The number of nitrogens with zero attached hydrogens (tertiary/aromatic N) is 2. The maximum atomic E-state index is 10.0. The van der Waals surface area contributed by atoms with Gasteiger partial charge in [0.1, 0.15) is 0 Å². The highest BCUT2D eigenvalue weighted by atomic mass is 16.4. The lowest BCUT2D eigenvalue weighted by atomic mass is 9.50. The van der Waals surface area contributed by atoms with E-state index in [4.69, 9.17) is 0 Å². The third-order valence-electron chi connectivity index (χ3n) is 4.51. The normalized spacial score (nSPS) is 29.0. The van der Waals surface area contributed by atoms with Gasteiger partial charge in [-0.15, -0.1) is 0 Å². The van der Waals surface area contributed by atoms with Crippen LogP contribution in [0.5, 0.6) is 0 Å². The van der Waals surface area contributed by atoms with E-state index in [0.717, 1.165) is 36.9 Å². The molecule has 6 heteroatoms. The maximum Gasteiger partial charge on any atom is 0.465 e. The highest BCUT2D eigenvalue weighted by Crippen LogP contribution is 2.45. The predicted molar refractivity (Wildman–Crippen MR) is 83.8 cm³/mol. The van der Waals surface area contributed by atoms with E-state index in [2.05, 4.69) is 15.3 Å². The van der Waals surface area contributed by atoms with Gasteiger partial charge in [-0.25, -0.2) is 0 Å². The van der Waals surface area contributed by atoms with Crippen molar-refractivity contribution in [2.75, 3.05) is 6.54 Å². The number of pyridine rings is 1. The molecule has 2 aliphatic rings. The minimum absolute atomic E-state index is 0.0374. The largest absolute Gasteiger partial charge is 0.465 e. The molecule has 2 aliphatic heterocycles. The van der Waals surface area contributed by atoms with Crippen molar-refractivity contribution in [3.05, 3.63) is 36.3 Å². The van der Waals surface area contributed by atoms with Crippen molar-refractivity contribution >= 4 is 18.9 Å². The molecule has 5 nitrogen and oxygen atoms in total. The number of nitrogens with one attached hydrogen (secondary N) is 1. The summed E-state index contributed by atoms with van der Waals surface area (Å²) in [6.07, 6.45) is 10.7. The Morgan fingerprint density at radius 3 is 2.90 bits per heavy atom. The first-order chi connectivity index (χ1) is 10.2. The van der Waals surface area contributed by atoms with Gasteiger partial charge in [0, 0.05) is 30.9 Å². The summed E-state index contributed by atoms with van der Waals surface area (Å²) in [5.74, 6) is 0. The molecule has 1 saturated heterocycles. The lowest BCUT2D eigenvalue weighted by molar-refractivity contribution is 0.293. The summed E-state index contributed by atoms with van der Waals surface area (Å²) in [6.45, 7) is 0.916. The Morgan fingerprint density at radius 1 is 1.33 bits per heavy atom. The standard InChI is InChI=1S/C15H20BN3O2/c20-16(21)15(14-5-1-2-7-19-14)8-13(10-18-11-15)12-4-3-6-17-9-12/h3-4,6,9-11,14,19-21H,1-2,5,7-8H2. The van der Waals surface area contributed by atoms with Crippen LogP contribution in [0.15, 0.2) is 35.7 Å². The molecule has 0 bridgehead atoms. The third kappa shape index (κ3) is 2.79. The zero-order chi connectivity index (χ0) is 14.7. The molecule has 0 aliphatic carbocycles. The van der Waals surface area contributed by atoms with Crippen LogP contribution in [-0.2, 0) is 0 Å². The Balaban J connectivity index is 1.89. The maximum absolute atomic E-state index is 10.0. The molecule has 0 spiro atoms. The van der Waals surface area contributed by atoms with Gasteiger partial charge in [-0.1, -0.05) is 12.5 Å². The molecule has 0 amide bonds. The summed E-state index contributed by atoms with van der Waals surface area (Å²) in [7, 11) is -1.43. The van der Waals surface area contributed by atoms with E-state index in [0.29, 0.717) is 6.42 Å². The molecule has 2 unspecified atom stereocenters. The van der Waals surface area contributed by atoms with E-state index in [1.165, 1.54) is 0 Å². The predicted octanol–water partition coefficient (Wildman–Crippen LogP) is 1.25. The molecule has 3 N–H and O–H groups in total. The van der Waals surface area contributed by atoms with Gasteiger partial charge < -0.3 is 15.4 Å². The zero-order valence-electron chi connectivity index (χ0n) is 11.9. The Kier molecular flexibility index (Phi) is 4.19. The molecule has 1 aromatic rings. The monoisotopic (exact) mass is 285 g/mol. The summed E-state index contributed by atoms with van der Waals surface area (Å²) in [5, 5.41) is 22.7. The second kappa shape index (κ2) is 6.09. The van der Waals surface area contributed by atoms with E-state index in [1.54, 1.807) is 24.8 Å². The van der Waals surface area contributed by atoms with Gasteiger partial charge in [0.05, 0.1) is 5.31 Å². The Morgan fingerprint density at radius 2 is 2.24 bits per heavy atom. The highest BCUT2D eigenvalue weighted by molar-refractivity contribution is 6.51. The smallest absolute Gasteiger partial charge is 0.426 e. The van der Waals surface area contributed by atoms with Gasteiger partial charge in [-0.2, -0.15) is 0 Å². The summed E-state index contributed by atoms with van der Waals surface area (Å²) < 4.78 is 0. The lowest BCUT2D eigenvalue weighted by Gasteiger charge is -2.41. The van der Waals surface area contributed by atoms with Crippen molar-refractivity contribution in [2.45, 2.75) is 37.0 Å². The quantitative estimate of drug-likeness (QED) is 0.730. The fraction of sp³-hybridized carbons (Fsp3) is 0.467. The van der Waals surface area contributed by atoms with Crippen molar-refractivity contribution in [2.24, 2.45) is 4.99 Å². The molecule has 2 atom stereocenters. The van der Waals surface area contributed by atoms with Crippen molar-refractivity contribution < 1.29 is 10.0 Å². The molecule has 1 aromatic heterocycles. The minimum atomic E-state index is -1.43. The van der Waals surface area contributed by atoms with Crippen LogP contribution in [0.25, 0.3) is 5.57 Å². The first kappa shape index (κ1) is 14.4. The van der Waals surface area contributed by atoms with Gasteiger partial charge in [0.15, 0.2) is 0 Å². The zero-order valence-corrected chi connectivity index (χ0v) is 11.9. The van der Waals surface area contributed by atoms with Crippen LogP contribution < -0.4 is 5.32 Å². The van der Waals surface area contributed by atoms with Gasteiger partial charge in [-0.05, 0) is 43.0 Å². The highest BCUT2D eigenvalue weighted by Gasteiger charge is 2.49. The number of hydrogen-bond acceptors (Lipinski definition) is 5. The molecule has 1 fully saturated rings. The van der Waals surface area contributed by atoms with E-state index >= 15 is 0 Å². The van der Waals surface area contributed by atoms with Crippen molar-refractivity contribution in [3.63, 3.8) is 0 Å². The number of hydrogen-bond donors (Lipinski definition) is 3. The number of piperidine rings is 1. The van der Waals surface area contributed by atoms with E-state index < -0.39 is 12.4 Å². The SMILES string of the molecule is OB(O)C1(C2CCCCN2)C=NC=C(c2cccnc2)C1.